The van der Waals surface area contributed by atoms with Crippen molar-refractivity contribution in [3.63, 3.8) is 0 Å². The summed E-state index contributed by atoms with van der Waals surface area (Å²) in [4.78, 5) is 10.9. The van der Waals surface area contributed by atoms with E-state index in [1.807, 2.05) is 24.3 Å². The van der Waals surface area contributed by atoms with Crippen molar-refractivity contribution in [3.8, 4) is 5.75 Å². The SMILES string of the molecule is COc1ccc([C@H](CC=O)c2ccc(F)cc2)cc1. The highest BCUT2D eigenvalue weighted by molar-refractivity contribution is 5.54. The molecule has 0 aromatic heterocycles. The molecule has 98 valence electrons. The predicted octanol–water partition coefficient (Wildman–Crippen LogP) is 3.56. The van der Waals surface area contributed by atoms with E-state index in [1.54, 1.807) is 19.2 Å². The number of ether oxygens (including phenoxy) is 1. The van der Waals surface area contributed by atoms with E-state index in [1.165, 1.54) is 12.1 Å². The smallest absolute Gasteiger partial charge is 0.123 e. The van der Waals surface area contributed by atoms with Gasteiger partial charge in [-0.1, -0.05) is 24.3 Å². The minimum absolute atomic E-state index is 0.0518. The van der Waals surface area contributed by atoms with Crippen LogP contribution in [0.15, 0.2) is 48.5 Å². The van der Waals surface area contributed by atoms with Crippen molar-refractivity contribution in [2.45, 2.75) is 12.3 Å². The molecule has 0 radical (unpaired) electrons. The number of methoxy groups -OCH3 is 1. The first-order valence-corrected chi connectivity index (χ1v) is 6.07. The lowest BCUT2D eigenvalue weighted by Crippen LogP contribution is -2.02. The maximum atomic E-state index is 13.0. The summed E-state index contributed by atoms with van der Waals surface area (Å²) in [6, 6.07) is 13.8. The van der Waals surface area contributed by atoms with Gasteiger partial charge in [0.15, 0.2) is 0 Å². The second-order valence-electron chi connectivity index (χ2n) is 4.28. The number of halogens is 1. The van der Waals surface area contributed by atoms with Gasteiger partial charge in [-0.15, -0.1) is 0 Å². The highest BCUT2D eigenvalue weighted by atomic mass is 19.1. The van der Waals surface area contributed by atoms with Crippen LogP contribution in [0.2, 0.25) is 0 Å². The average molecular weight is 258 g/mol. The largest absolute Gasteiger partial charge is 0.497 e. The lowest BCUT2D eigenvalue weighted by molar-refractivity contribution is -0.108. The Morgan fingerprint density at radius 1 is 1.05 bits per heavy atom. The molecule has 2 rings (SSSR count). The van der Waals surface area contributed by atoms with Gasteiger partial charge in [0.2, 0.25) is 0 Å². The molecule has 0 aliphatic carbocycles. The van der Waals surface area contributed by atoms with Crippen LogP contribution in [0.5, 0.6) is 5.75 Å². The average Bonchev–Trinajstić information content (AvgIpc) is 2.46. The first kappa shape index (κ1) is 13.3. The number of rotatable bonds is 5. The van der Waals surface area contributed by atoms with Crippen molar-refractivity contribution < 1.29 is 13.9 Å². The van der Waals surface area contributed by atoms with Gasteiger partial charge in [0.05, 0.1) is 7.11 Å². The standard InChI is InChI=1S/C16H15FO2/c1-19-15-8-4-13(5-9-15)16(10-11-18)12-2-6-14(17)7-3-12/h2-9,11,16H,10H2,1H3/t16-/m1/s1. The van der Waals surface area contributed by atoms with Crippen molar-refractivity contribution in [2.75, 3.05) is 7.11 Å². The number of aldehydes is 1. The fourth-order valence-corrected chi connectivity index (χ4v) is 2.09. The van der Waals surface area contributed by atoms with Crippen LogP contribution in [-0.4, -0.2) is 13.4 Å². The van der Waals surface area contributed by atoms with E-state index in [0.29, 0.717) is 6.42 Å². The van der Waals surface area contributed by atoms with Gasteiger partial charge in [0.1, 0.15) is 17.9 Å². The molecular weight excluding hydrogens is 243 g/mol. The zero-order valence-electron chi connectivity index (χ0n) is 10.7. The highest BCUT2D eigenvalue weighted by Gasteiger charge is 2.13. The molecule has 0 aliphatic rings. The van der Waals surface area contributed by atoms with Crippen molar-refractivity contribution >= 4 is 6.29 Å². The highest BCUT2D eigenvalue weighted by Crippen LogP contribution is 2.28. The first-order chi connectivity index (χ1) is 9.24. The molecule has 3 heteroatoms. The summed E-state index contributed by atoms with van der Waals surface area (Å²) in [7, 11) is 1.61. The lowest BCUT2D eigenvalue weighted by atomic mass is 9.89. The van der Waals surface area contributed by atoms with E-state index in [2.05, 4.69) is 0 Å². The number of hydrogen-bond donors (Lipinski definition) is 0. The van der Waals surface area contributed by atoms with Crippen LogP contribution in [0, 0.1) is 5.82 Å². The molecule has 0 saturated carbocycles. The molecule has 0 heterocycles. The Bertz CT molecular complexity index is 532. The molecule has 2 aromatic rings. The molecule has 2 nitrogen and oxygen atoms in total. The van der Waals surface area contributed by atoms with E-state index in [-0.39, 0.29) is 11.7 Å². The van der Waals surface area contributed by atoms with Gasteiger partial charge >= 0.3 is 0 Å². The van der Waals surface area contributed by atoms with Crippen LogP contribution in [0.25, 0.3) is 0 Å². The van der Waals surface area contributed by atoms with Crippen molar-refractivity contribution in [2.24, 2.45) is 0 Å². The Morgan fingerprint density at radius 3 is 2.05 bits per heavy atom. The minimum atomic E-state index is -0.275. The molecule has 0 fully saturated rings. The fraction of sp³-hybridized carbons (Fsp3) is 0.188. The third-order valence-corrected chi connectivity index (χ3v) is 3.12. The Kier molecular flexibility index (Phi) is 4.29. The van der Waals surface area contributed by atoms with Crippen LogP contribution < -0.4 is 4.74 Å². The Hall–Kier alpha value is -2.16. The molecular formula is C16H15FO2. The molecule has 0 unspecified atom stereocenters. The van der Waals surface area contributed by atoms with E-state index < -0.39 is 0 Å². The summed E-state index contributed by atoms with van der Waals surface area (Å²) < 4.78 is 18.1. The normalized spacial score (nSPS) is 11.9. The van der Waals surface area contributed by atoms with Gasteiger partial charge in [-0.2, -0.15) is 0 Å². The predicted molar refractivity (Wildman–Crippen MR) is 71.9 cm³/mol. The summed E-state index contributed by atoms with van der Waals surface area (Å²) in [6.07, 6.45) is 1.26. The molecule has 0 amide bonds. The molecule has 0 aliphatic heterocycles. The second kappa shape index (κ2) is 6.14. The maximum Gasteiger partial charge on any atom is 0.123 e. The second-order valence-corrected chi connectivity index (χ2v) is 4.28. The number of hydrogen-bond acceptors (Lipinski definition) is 2. The Labute approximate surface area is 111 Å². The zero-order valence-corrected chi connectivity index (χ0v) is 10.7. The van der Waals surface area contributed by atoms with Gasteiger partial charge in [0, 0.05) is 12.3 Å². The molecule has 0 saturated heterocycles. The summed E-state index contributed by atoms with van der Waals surface area (Å²) >= 11 is 0. The monoisotopic (exact) mass is 258 g/mol. The number of carbonyl (C=O) groups excluding carboxylic acids is 1. The van der Waals surface area contributed by atoms with Gasteiger partial charge in [0.25, 0.3) is 0 Å². The Balaban J connectivity index is 2.32. The van der Waals surface area contributed by atoms with Crippen LogP contribution >= 0.6 is 0 Å². The molecule has 0 spiro atoms. The van der Waals surface area contributed by atoms with Crippen LogP contribution in [0.1, 0.15) is 23.5 Å². The number of benzene rings is 2. The molecule has 19 heavy (non-hydrogen) atoms. The van der Waals surface area contributed by atoms with Gasteiger partial charge < -0.3 is 9.53 Å². The topological polar surface area (TPSA) is 26.3 Å². The van der Waals surface area contributed by atoms with E-state index in [4.69, 9.17) is 4.74 Å². The molecule has 0 N–H and O–H groups in total. The van der Waals surface area contributed by atoms with E-state index >= 15 is 0 Å². The van der Waals surface area contributed by atoms with Gasteiger partial charge in [-0.3, -0.25) is 0 Å². The van der Waals surface area contributed by atoms with E-state index in [9.17, 15) is 9.18 Å². The molecule has 1 atom stereocenters. The lowest BCUT2D eigenvalue weighted by Gasteiger charge is -2.15. The quantitative estimate of drug-likeness (QED) is 0.766. The first-order valence-electron chi connectivity index (χ1n) is 6.07. The zero-order chi connectivity index (χ0) is 13.7. The van der Waals surface area contributed by atoms with Crippen molar-refractivity contribution in [1.29, 1.82) is 0 Å². The van der Waals surface area contributed by atoms with Crippen molar-refractivity contribution in [3.05, 3.63) is 65.5 Å². The summed E-state index contributed by atoms with van der Waals surface area (Å²) in [5.74, 6) is 0.444. The van der Waals surface area contributed by atoms with Crippen LogP contribution in [0.3, 0.4) is 0 Å². The Morgan fingerprint density at radius 2 is 1.58 bits per heavy atom. The van der Waals surface area contributed by atoms with Gasteiger partial charge in [-0.05, 0) is 35.4 Å². The third kappa shape index (κ3) is 3.19. The third-order valence-electron chi connectivity index (χ3n) is 3.12. The van der Waals surface area contributed by atoms with Gasteiger partial charge in [-0.25, -0.2) is 4.39 Å². The summed E-state index contributed by atoms with van der Waals surface area (Å²) in [5.41, 5.74) is 1.94. The van der Waals surface area contributed by atoms with Crippen molar-refractivity contribution in [1.82, 2.24) is 0 Å². The molecule has 2 aromatic carbocycles. The van der Waals surface area contributed by atoms with E-state index in [0.717, 1.165) is 23.2 Å². The number of carbonyl (C=O) groups is 1. The van der Waals surface area contributed by atoms with Crippen LogP contribution in [-0.2, 0) is 4.79 Å². The minimum Gasteiger partial charge on any atom is -0.497 e. The summed E-state index contributed by atoms with van der Waals surface area (Å²) in [5, 5.41) is 0. The van der Waals surface area contributed by atoms with Crippen LogP contribution in [0.4, 0.5) is 4.39 Å². The molecule has 0 bridgehead atoms. The maximum absolute atomic E-state index is 13.0. The fourth-order valence-electron chi connectivity index (χ4n) is 2.09. The summed E-state index contributed by atoms with van der Waals surface area (Å²) in [6.45, 7) is 0.